The molecule has 0 unspecified atom stereocenters. The first-order valence-corrected chi connectivity index (χ1v) is 10.2. The summed E-state index contributed by atoms with van der Waals surface area (Å²) in [4.78, 5) is 12.0. The van der Waals surface area contributed by atoms with Gasteiger partial charge < -0.3 is 5.32 Å². The minimum atomic E-state index is -3.34. The zero-order valence-electron chi connectivity index (χ0n) is 14.0. The van der Waals surface area contributed by atoms with Gasteiger partial charge in [0.2, 0.25) is 10.0 Å². The summed E-state index contributed by atoms with van der Waals surface area (Å²) in [6, 6.07) is 5.73. The Labute approximate surface area is 143 Å². The third-order valence-corrected chi connectivity index (χ3v) is 5.73. The SMILES string of the molecule is CS(=O)(=O)N(CCNC(=O)c1ccccc1F)C1CCCCCC1. The fourth-order valence-electron chi connectivity index (χ4n) is 3.19. The number of benzene rings is 1. The van der Waals surface area contributed by atoms with Crippen molar-refractivity contribution in [3.63, 3.8) is 0 Å². The standard InChI is InChI=1S/C17H25FN2O3S/c1-24(22,23)20(14-8-4-2-3-5-9-14)13-12-19-17(21)15-10-6-7-11-16(15)18/h6-7,10-11,14H,2-5,8-9,12-13H2,1H3,(H,19,21). The van der Waals surface area contributed by atoms with Crippen LogP contribution in [0.25, 0.3) is 0 Å². The molecule has 134 valence electrons. The monoisotopic (exact) mass is 356 g/mol. The Hall–Kier alpha value is -1.47. The summed E-state index contributed by atoms with van der Waals surface area (Å²) >= 11 is 0. The molecule has 1 aromatic carbocycles. The highest BCUT2D eigenvalue weighted by Gasteiger charge is 2.27. The average molecular weight is 356 g/mol. The molecule has 0 heterocycles. The van der Waals surface area contributed by atoms with E-state index >= 15 is 0 Å². The van der Waals surface area contributed by atoms with Crippen LogP contribution in [0.4, 0.5) is 4.39 Å². The topological polar surface area (TPSA) is 66.5 Å². The van der Waals surface area contributed by atoms with Gasteiger partial charge in [0.1, 0.15) is 5.82 Å². The average Bonchev–Trinajstić information content (AvgIpc) is 2.79. The van der Waals surface area contributed by atoms with Gasteiger partial charge in [0, 0.05) is 19.1 Å². The molecule has 24 heavy (non-hydrogen) atoms. The summed E-state index contributed by atoms with van der Waals surface area (Å²) in [5.41, 5.74) is -0.0297. The van der Waals surface area contributed by atoms with E-state index in [4.69, 9.17) is 0 Å². The van der Waals surface area contributed by atoms with Crippen LogP contribution in [0.15, 0.2) is 24.3 Å². The first-order chi connectivity index (χ1) is 11.4. The number of amides is 1. The maximum absolute atomic E-state index is 13.6. The molecule has 0 aromatic heterocycles. The Morgan fingerprint density at radius 3 is 2.42 bits per heavy atom. The van der Waals surface area contributed by atoms with Crippen molar-refractivity contribution >= 4 is 15.9 Å². The third kappa shape index (κ3) is 5.27. The van der Waals surface area contributed by atoms with Crippen molar-refractivity contribution in [1.82, 2.24) is 9.62 Å². The highest BCUT2D eigenvalue weighted by atomic mass is 32.2. The highest BCUT2D eigenvalue weighted by molar-refractivity contribution is 7.88. The van der Waals surface area contributed by atoms with Gasteiger partial charge in [0.15, 0.2) is 0 Å². The molecular formula is C17H25FN2O3S. The van der Waals surface area contributed by atoms with Crippen LogP contribution in [0, 0.1) is 5.82 Å². The zero-order chi connectivity index (χ0) is 17.6. The Bertz CT molecular complexity index is 656. The molecule has 0 atom stereocenters. The van der Waals surface area contributed by atoms with E-state index < -0.39 is 21.7 Å². The smallest absolute Gasteiger partial charge is 0.254 e. The molecule has 1 aromatic rings. The van der Waals surface area contributed by atoms with E-state index in [0.717, 1.165) is 38.5 Å². The lowest BCUT2D eigenvalue weighted by Gasteiger charge is -2.29. The first-order valence-electron chi connectivity index (χ1n) is 8.39. The van der Waals surface area contributed by atoms with Crippen LogP contribution in [-0.2, 0) is 10.0 Å². The number of nitrogens with zero attached hydrogens (tertiary/aromatic N) is 1. The molecule has 2 rings (SSSR count). The van der Waals surface area contributed by atoms with E-state index in [0.29, 0.717) is 0 Å². The molecule has 1 N–H and O–H groups in total. The van der Waals surface area contributed by atoms with Crippen LogP contribution in [0.1, 0.15) is 48.9 Å². The van der Waals surface area contributed by atoms with Crippen molar-refractivity contribution in [1.29, 1.82) is 0 Å². The maximum Gasteiger partial charge on any atom is 0.254 e. The number of carbonyl (C=O) groups is 1. The van der Waals surface area contributed by atoms with Gasteiger partial charge in [-0.3, -0.25) is 4.79 Å². The quantitative estimate of drug-likeness (QED) is 0.797. The summed E-state index contributed by atoms with van der Waals surface area (Å²) in [5, 5.41) is 2.61. The molecule has 1 amide bonds. The summed E-state index contributed by atoms with van der Waals surface area (Å²) in [7, 11) is -3.34. The van der Waals surface area contributed by atoms with Gasteiger partial charge in [0.05, 0.1) is 11.8 Å². The lowest BCUT2D eigenvalue weighted by molar-refractivity contribution is 0.0946. The van der Waals surface area contributed by atoms with E-state index in [2.05, 4.69) is 5.32 Å². The molecule has 1 saturated carbocycles. The van der Waals surface area contributed by atoms with Crippen molar-refractivity contribution in [2.45, 2.75) is 44.6 Å². The summed E-state index contributed by atoms with van der Waals surface area (Å²) in [6.45, 7) is 0.375. The Kier molecular flexibility index (Phi) is 6.74. The van der Waals surface area contributed by atoms with E-state index in [9.17, 15) is 17.6 Å². The van der Waals surface area contributed by atoms with Gasteiger partial charge >= 0.3 is 0 Å². The molecule has 1 aliphatic rings. The number of nitrogens with one attached hydrogen (secondary N) is 1. The van der Waals surface area contributed by atoms with Gasteiger partial charge in [-0.25, -0.2) is 12.8 Å². The number of sulfonamides is 1. The molecule has 0 saturated heterocycles. The molecule has 5 nitrogen and oxygen atoms in total. The fourth-order valence-corrected chi connectivity index (χ4v) is 4.36. The van der Waals surface area contributed by atoms with E-state index in [-0.39, 0.29) is 24.7 Å². The van der Waals surface area contributed by atoms with Crippen molar-refractivity contribution in [2.75, 3.05) is 19.3 Å². The third-order valence-electron chi connectivity index (χ3n) is 4.39. The van der Waals surface area contributed by atoms with Crippen LogP contribution < -0.4 is 5.32 Å². The molecule has 0 bridgehead atoms. The first kappa shape index (κ1) is 18.9. The molecule has 1 aliphatic carbocycles. The number of rotatable bonds is 6. The second-order valence-electron chi connectivity index (χ2n) is 6.25. The number of halogens is 1. The van der Waals surface area contributed by atoms with Gasteiger partial charge in [-0.15, -0.1) is 0 Å². The largest absolute Gasteiger partial charge is 0.351 e. The Morgan fingerprint density at radius 2 is 1.83 bits per heavy atom. The molecule has 1 fully saturated rings. The highest BCUT2D eigenvalue weighted by Crippen LogP contribution is 2.23. The minimum Gasteiger partial charge on any atom is -0.351 e. The number of hydrogen-bond acceptors (Lipinski definition) is 3. The summed E-state index contributed by atoms with van der Waals surface area (Å²) in [6.07, 6.45) is 7.24. The lowest BCUT2D eigenvalue weighted by Crippen LogP contribution is -2.44. The van der Waals surface area contributed by atoms with E-state index in [1.54, 1.807) is 6.07 Å². The predicted molar refractivity (Wildman–Crippen MR) is 91.8 cm³/mol. The number of carbonyl (C=O) groups excluding carboxylic acids is 1. The zero-order valence-corrected chi connectivity index (χ0v) is 14.8. The lowest BCUT2D eigenvalue weighted by atomic mass is 10.1. The van der Waals surface area contributed by atoms with Crippen LogP contribution in [0.2, 0.25) is 0 Å². The Balaban J connectivity index is 1.96. The summed E-state index contributed by atoms with van der Waals surface area (Å²) < 4.78 is 39.3. The summed E-state index contributed by atoms with van der Waals surface area (Å²) in [5.74, 6) is -1.11. The molecule has 0 spiro atoms. The molecular weight excluding hydrogens is 331 g/mol. The normalized spacial score (nSPS) is 16.8. The van der Waals surface area contributed by atoms with Crippen molar-refractivity contribution in [2.24, 2.45) is 0 Å². The Morgan fingerprint density at radius 1 is 1.21 bits per heavy atom. The van der Waals surface area contributed by atoms with Crippen LogP contribution in [-0.4, -0.2) is 44.0 Å². The number of hydrogen-bond donors (Lipinski definition) is 1. The van der Waals surface area contributed by atoms with Crippen molar-refractivity contribution in [3.8, 4) is 0 Å². The molecule has 0 aliphatic heterocycles. The van der Waals surface area contributed by atoms with Crippen LogP contribution >= 0.6 is 0 Å². The predicted octanol–water partition coefficient (Wildman–Crippen LogP) is 2.54. The van der Waals surface area contributed by atoms with Crippen LogP contribution in [0.5, 0.6) is 0 Å². The molecule has 0 radical (unpaired) electrons. The van der Waals surface area contributed by atoms with Gasteiger partial charge in [-0.2, -0.15) is 4.31 Å². The van der Waals surface area contributed by atoms with E-state index in [1.807, 2.05) is 0 Å². The minimum absolute atomic E-state index is 0.00661. The van der Waals surface area contributed by atoms with Gasteiger partial charge in [-0.05, 0) is 25.0 Å². The fraction of sp³-hybridized carbons (Fsp3) is 0.588. The van der Waals surface area contributed by atoms with Gasteiger partial charge in [-0.1, -0.05) is 37.8 Å². The van der Waals surface area contributed by atoms with Gasteiger partial charge in [0.25, 0.3) is 5.91 Å². The van der Waals surface area contributed by atoms with Crippen LogP contribution in [0.3, 0.4) is 0 Å². The van der Waals surface area contributed by atoms with Crippen molar-refractivity contribution in [3.05, 3.63) is 35.6 Å². The van der Waals surface area contributed by atoms with Crippen molar-refractivity contribution < 1.29 is 17.6 Å². The maximum atomic E-state index is 13.6. The second-order valence-corrected chi connectivity index (χ2v) is 8.19. The molecule has 7 heteroatoms. The second kappa shape index (κ2) is 8.58. The van der Waals surface area contributed by atoms with E-state index in [1.165, 1.54) is 28.8 Å².